The lowest BCUT2D eigenvalue weighted by atomic mass is 10.1. The van der Waals surface area contributed by atoms with E-state index >= 15 is 0 Å². The van der Waals surface area contributed by atoms with Crippen LogP contribution in [-0.4, -0.2) is 54.8 Å². The Hall–Kier alpha value is -1.30. The highest BCUT2D eigenvalue weighted by Gasteiger charge is 2.57. The molecule has 2 aliphatic rings. The number of aliphatic imine (C=N–C) groups is 2. The highest BCUT2D eigenvalue weighted by molar-refractivity contribution is 9.10. The van der Waals surface area contributed by atoms with Crippen molar-refractivity contribution in [3.63, 3.8) is 0 Å². The third-order valence-corrected chi connectivity index (χ3v) is 6.00. The molecule has 0 aromatic carbocycles. The van der Waals surface area contributed by atoms with Crippen molar-refractivity contribution in [2.24, 2.45) is 9.98 Å². The smallest absolute Gasteiger partial charge is 0.348 e. The first kappa shape index (κ1) is 21.0. The summed E-state index contributed by atoms with van der Waals surface area (Å²) >= 11 is 6.16. The van der Waals surface area contributed by atoms with E-state index in [4.69, 9.17) is 9.47 Å². The predicted octanol–water partition coefficient (Wildman–Crippen LogP) is 2.92. The molecule has 146 valence electrons. The topological polar surface area (TPSA) is 129 Å². The number of ether oxygens (including phenoxy) is 2. The van der Waals surface area contributed by atoms with Gasteiger partial charge in [0.1, 0.15) is 13.2 Å². The van der Waals surface area contributed by atoms with Crippen LogP contribution < -0.4 is 0 Å². The Kier molecular flexibility index (Phi) is 5.41. The van der Waals surface area contributed by atoms with Crippen molar-refractivity contribution in [3.05, 3.63) is 20.2 Å². The molecule has 2 unspecified atom stereocenters. The van der Waals surface area contributed by atoms with Crippen LogP contribution in [0, 0.1) is 20.2 Å². The molecule has 0 amide bonds. The normalized spacial score (nSPS) is 25.2. The third-order valence-electron chi connectivity index (χ3n) is 3.95. The van der Waals surface area contributed by atoms with Gasteiger partial charge in [-0.1, -0.05) is 0 Å². The minimum atomic E-state index is -1.87. The Morgan fingerprint density at radius 1 is 0.923 bits per heavy atom. The maximum absolute atomic E-state index is 11.7. The van der Waals surface area contributed by atoms with Crippen molar-refractivity contribution in [1.82, 2.24) is 0 Å². The number of rotatable bonds is 7. The van der Waals surface area contributed by atoms with Crippen LogP contribution in [0.4, 0.5) is 0 Å². The minimum Gasteiger partial charge on any atom is -0.473 e. The summed E-state index contributed by atoms with van der Waals surface area (Å²) in [5.74, 6) is -0.194. The summed E-state index contributed by atoms with van der Waals surface area (Å²) in [4.78, 5) is 30.7. The van der Waals surface area contributed by atoms with Crippen LogP contribution in [0.1, 0.15) is 40.5 Å². The average Bonchev–Trinajstić information content (AvgIpc) is 3.06. The van der Waals surface area contributed by atoms with E-state index in [1.54, 1.807) is 27.7 Å². The second-order valence-electron chi connectivity index (χ2n) is 7.57. The van der Waals surface area contributed by atoms with Crippen molar-refractivity contribution in [3.8, 4) is 0 Å². The molecule has 0 saturated heterocycles. The van der Waals surface area contributed by atoms with E-state index in [9.17, 15) is 20.2 Å². The van der Waals surface area contributed by atoms with E-state index in [1.807, 2.05) is 0 Å². The van der Waals surface area contributed by atoms with Gasteiger partial charge in [-0.25, -0.2) is 9.98 Å². The van der Waals surface area contributed by atoms with E-state index in [-0.39, 0.29) is 37.9 Å². The van der Waals surface area contributed by atoms with Gasteiger partial charge in [0.15, 0.2) is 0 Å². The number of alkyl halides is 2. The Balaban J connectivity index is 2.29. The van der Waals surface area contributed by atoms with Crippen LogP contribution in [-0.2, 0) is 9.47 Å². The van der Waals surface area contributed by atoms with E-state index in [0.29, 0.717) is 0 Å². The summed E-state index contributed by atoms with van der Waals surface area (Å²) < 4.78 is 7.05. The van der Waals surface area contributed by atoms with Gasteiger partial charge >= 0.3 is 8.90 Å². The van der Waals surface area contributed by atoms with Crippen molar-refractivity contribution < 1.29 is 19.3 Å². The van der Waals surface area contributed by atoms with Crippen LogP contribution in [0.5, 0.6) is 0 Å². The first-order valence-corrected chi connectivity index (χ1v) is 9.44. The molecule has 0 fully saturated rings. The maximum atomic E-state index is 11.7. The number of hydrogen-bond acceptors (Lipinski definition) is 8. The van der Waals surface area contributed by atoms with Gasteiger partial charge in [0.05, 0.1) is 11.1 Å². The second-order valence-corrected chi connectivity index (χ2v) is 10.2. The first-order chi connectivity index (χ1) is 11.7. The molecule has 0 bridgehead atoms. The quantitative estimate of drug-likeness (QED) is 0.229. The van der Waals surface area contributed by atoms with Gasteiger partial charge in [-0.2, -0.15) is 0 Å². The Morgan fingerprint density at radius 3 is 1.42 bits per heavy atom. The largest absolute Gasteiger partial charge is 0.473 e. The molecule has 0 saturated carbocycles. The van der Waals surface area contributed by atoms with Crippen molar-refractivity contribution >= 4 is 43.7 Å². The molecule has 26 heavy (non-hydrogen) atoms. The van der Waals surface area contributed by atoms with Crippen LogP contribution in [0.3, 0.4) is 0 Å². The SMILES string of the molecule is CC1(C)COC(C(Br)(CCC(Br)(C2=NC(C)(C)CO2)[N+](=O)[O-])[N+](=O)[O-])=N1. The average molecular weight is 500 g/mol. The summed E-state index contributed by atoms with van der Waals surface area (Å²) in [5, 5.41) is 23.4. The maximum Gasteiger partial charge on any atom is 0.348 e. The van der Waals surface area contributed by atoms with Gasteiger partial charge < -0.3 is 9.47 Å². The third kappa shape index (κ3) is 4.00. The van der Waals surface area contributed by atoms with Crippen molar-refractivity contribution in [2.45, 2.75) is 60.5 Å². The highest BCUT2D eigenvalue weighted by atomic mass is 79.9. The lowest BCUT2D eigenvalue weighted by molar-refractivity contribution is -0.532. The molecule has 2 rings (SSSR count). The van der Waals surface area contributed by atoms with Gasteiger partial charge in [-0.3, -0.25) is 20.2 Å². The standard InChI is InChI=1S/C14H20Br2N4O6/c1-11(2)7-25-9(17-11)13(15,19(21)22)5-6-14(16,20(23)24)10-18-12(3,4)8-26-10/h5-8H2,1-4H3. The van der Waals surface area contributed by atoms with Gasteiger partial charge in [0.2, 0.25) is 0 Å². The van der Waals surface area contributed by atoms with Crippen LogP contribution >= 0.6 is 31.9 Å². The fourth-order valence-electron chi connectivity index (χ4n) is 2.45. The summed E-state index contributed by atoms with van der Waals surface area (Å²) in [6, 6.07) is 0. The number of nitrogens with zero attached hydrogens (tertiary/aromatic N) is 4. The monoisotopic (exact) mass is 498 g/mol. The molecular weight excluding hydrogens is 480 g/mol. The Labute approximate surface area is 167 Å². The molecule has 10 nitrogen and oxygen atoms in total. The predicted molar refractivity (Wildman–Crippen MR) is 101 cm³/mol. The zero-order chi connectivity index (χ0) is 20.0. The van der Waals surface area contributed by atoms with Crippen LogP contribution in [0.15, 0.2) is 9.98 Å². The highest BCUT2D eigenvalue weighted by Crippen LogP contribution is 2.39. The molecule has 2 atom stereocenters. The summed E-state index contributed by atoms with van der Waals surface area (Å²) in [5.41, 5.74) is -1.19. The fraction of sp³-hybridized carbons (Fsp3) is 0.857. The first-order valence-electron chi connectivity index (χ1n) is 7.85. The zero-order valence-electron chi connectivity index (χ0n) is 14.8. The molecule has 0 aliphatic carbocycles. The summed E-state index contributed by atoms with van der Waals surface area (Å²) in [6.07, 6.45) is -0.520. The van der Waals surface area contributed by atoms with Crippen LogP contribution in [0.2, 0.25) is 0 Å². The molecule has 0 aromatic heterocycles. The van der Waals surface area contributed by atoms with E-state index in [2.05, 4.69) is 41.8 Å². The van der Waals surface area contributed by atoms with Gasteiger partial charge in [0, 0.05) is 54.5 Å². The zero-order valence-corrected chi connectivity index (χ0v) is 18.0. The molecule has 12 heteroatoms. The summed E-state index contributed by atoms with van der Waals surface area (Å²) in [6.45, 7) is 7.51. The Bertz CT molecular complexity index is 637. The molecule has 0 N–H and O–H groups in total. The molecule has 0 aromatic rings. The van der Waals surface area contributed by atoms with Crippen molar-refractivity contribution in [1.29, 1.82) is 0 Å². The lowest BCUT2D eigenvalue weighted by Crippen LogP contribution is -2.46. The van der Waals surface area contributed by atoms with Gasteiger partial charge in [0.25, 0.3) is 11.8 Å². The van der Waals surface area contributed by atoms with Crippen LogP contribution in [0.25, 0.3) is 0 Å². The molecule has 2 heterocycles. The number of nitro groups is 2. The molecule has 0 radical (unpaired) electrons. The fourth-order valence-corrected chi connectivity index (χ4v) is 3.25. The van der Waals surface area contributed by atoms with Crippen molar-refractivity contribution in [2.75, 3.05) is 13.2 Å². The van der Waals surface area contributed by atoms with Gasteiger partial charge in [-0.05, 0) is 27.7 Å². The molecule has 0 spiro atoms. The second kappa shape index (κ2) is 6.70. The molecular formula is C14H20Br2N4O6. The number of halogens is 2. The van der Waals surface area contributed by atoms with E-state index in [1.165, 1.54) is 0 Å². The van der Waals surface area contributed by atoms with Gasteiger partial charge in [-0.15, -0.1) is 0 Å². The van der Waals surface area contributed by atoms with E-state index < -0.39 is 29.8 Å². The minimum absolute atomic E-state index is 0.0969. The molecule has 2 aliphatic heterocycles. The summed E-state index contributed by atoms with van der Waals surface area (Å²) in [7, 11) is 0. The lowest BCUT2D eigenvalue weighted by Gasteiger charge is -2.22. The number of hydrogen-bond donors (Lipinski definition) is 0. The Morgan fingerprint density at radius 2 is 1.23 bits per heavy atom. The van der Waals surface area contributed by atoms with E-state index in [0.717, 1.165) is 0 Å².